The molecular formula is C34H34F6O3. The van der Waals surface area contributed by atoms with E-state index in [0.717, 1.165) is 24.6 Å². The van der Waals surface area contributed by atoms with Crippen molar-refractivity contribution in [3.05, 3.63) is 106 Å². The molecule has 3 aromatic carbocycles. The van der Waals surface area contributed by atoms with Gasteiger partial charge in [0, 0.05) is 0 Å². The molecule has 0 heterocycles. The highest BCUT2D eigenvalue weighted by atomic mass is 19.2. The number of carbonyl (C=O) groups is 1. The fourth-order valence-electron chi connectivity index (χ4n) is 5.46. The summed E-state index contributed by atoms with van der Waals surface area (Å²) < 4.78 is 98.6. The van der Waals surface area contributed by atoms with Crippen molar-refractivity contribution in [2.45, 2.75) is 77.0 Å². The summed E-state index contributed by atoms with van der Waals surface area (Å²) in [6.45, 7) is 3.93. The minimum absolute atomic E-state index is 0.0456. The number of allylic oxidation sites excluding steroid dienone is 2. The van der Waals surface area contributed by atoms with Crippen LogP contribution in [0.3, 0.4) is 0 Å². The lowest BCUT2D eigenvalue weighted by molar-refractivity contribution is 0.0720. The molecule has 9 heteroatoms. The number of rotatable bonds is 11. The monoisotopic (exact) mass is 604 g/mol. The van der Waals surface area contributed by atoms with Gasteiger partial charge in [-0.2, -0.15) is 8.78 Å². The van der Waals surface area contributed by atoms with Crippen molar-refractivity contribution in [3.8, 4) is 11.5 Å². The van der Waals surface area contributed by atoms with Gasteiger partial charge in [0.1, 0.15) is 0 Å². The molecule has 0 atom stereocenters. The summed E-state index contributed by atoms with van der Waals surface area (Å²) in [7, 11) is 0. The Kier molecular flexibility index (Phi) is 10.9. The van der Waals surface area contributed by atoms with E-state index < -0.39 is 58.1 Å². The molecule has 230 valence electrons. The number of esters is 1. The highest BCUT2D eigenvalue weighted by Gasteiger charge is 2.31. The standard InChI is InChI=1S/C34H34F6O3/c1-3-5-7-8-22-13-14-23(29(36)28(22)35)20-9-11-21(12-10-20)24-15-16-25(31(38)30(24)37)34(41)43-27-18-17-26(32(39)33(27)40)42-19-6-4-2/h3,5,13-18,20-21H,4,6-12,19H2,1-2H3. The highest BCUT2D eigenvalue weighted by molar-refractivity contribution is 5.91. The lowest BCUT2D eigenvalue weighted by Gasteiger charge is -2.30. The summed E-state index contributed by atoms with van der Waals surface area (Å²) >= 11 is 0. The quantitative estimate of drug-likeness (QED) is 0.0719. The van der Waals surface area contributed by atoms with Crippen molar-refractivity contribution in [2.75, 3.05) is 6.61 Å². The number of unbranched alkanes of at least 4 members (excludes halogenated alkanes) is 1. The van der Waals surface area contributed by atoms with Crippen molar-refractivity contribution >= 4 is 5.97 Å². The fourth-order valence-corrected chi connectivity index (χ4v) is 5.46. The Morgan fingerprint density at radius 2 is 1.35 bits per heavy atom. The normalized spacial score (nSPS) is 16.9. The van der Waals surface area contributed by atoms with E-state index in [4.69, 9.17) is 9.47 Å². The molecule has 0 saturated heterocycles. The molecule has 0 bridgehead atoms. The molecule has 3 nitrogen and oxygen atoms in total. The van der Waals surface area contributed by atoms with E-state index in [-0.39, 0.29) is 29.4 Å². The molecule has 1 aliphatic carbocycles. The van der Waals surface area contributed by atoms with Gasteiger partial charge in [-0.15, -0.1) is 0 Å². The van der Waals surface area contributed by atoms with E-state index in [1.165, 1.54) is 6.07 Å². The van der Waals surface area contributed by atoms with Gasteiger partial charge < -0.3 is 9.47 Å². The minimum atomic E-state index is -1.49. The van der Waals surface area contributed by atoms with Crippen molar-refractivity contribution < 1.29 is 40.6 Å². The van der Waals surface area contributed by atoms with Gasteiger partial charge in [0.15, 0.2) is 34.8 Å². The molecule has 0 radical (unpaired) electrons. The molecule has 0 unspecified atom stereocenters. The van der Waals surface area contributed by atoms with Crippen LogP contribution in [0.4, 0.5) is 26.3 Å². The Morgan fingerprint density at radius 1 is 0.767 bits per heavy atom. The number of ether oxygens (including phenoxy) is 2. The Balaban J connectivity index is 1.42. The molecule has 0 spiro atoms. The minimum Gasteiger partial charge on any atom is -0.490 e. The molecule has 0 N–H and O–H groups in total. The van der Waals surface area contributed by atoms with E-state index in [2.05, 4.69) is 0 Å². The molecule has 4 rings (SSSR count). The number of hydrogen-bond donors (Lipinski definition) is 0. The number of halogens is 6. The first-order valence-corrected chi connectivity index (χ1v) is 14.6. The Hall–Kier alpha value is -3.75. The molecule has 0 aliphatic heterocycles. The van der Waals surface area contributed by atoms with Gasteiger partial charge in [-0.25, -0.2) is 22.4 Å². The van der Waals surface area contributed by atoms with Crippen LogP contribution < -0.4 is 9.47 Å². The van der Waals surface area contributed by atoms with Crippen LogP contribution in [0.5, 0.6) is 11.5 Å². The van der Waals surface area contributed by atoms with E-state index in [1.807, 2.05) is 26.0 Å². The average Bonchev–Trinajstić information content (AvgIpc) is 3.00. The van der Waals surface area contributed by atoms with Crippen LogP contribution in [0.2, 0.25) is 0 Å². The number of carbonyl (C=O) groups excluding carboxylic acids is 1. The summed E-state index contributed by atoms with van der Waals surface area (Å²) in [6, 6.07) is 7.59. The van der Waals surface area contributed by atoms with Gasteiger partial charge in [0.25, 0.3) is 0 Å². The zero-order chi connectivity index (χ0) is 31.1. The van der Waals surface area contributed by atoms with Crippen LogP contribution in [0, 0.1) is 34.9 Å². The van der Waals surface area contributed by atoms with E-state index in [9.17, 15) is 22.4 Å². The smallest absolute Gasteiger partial charge is 0.346 e. The van der Waals surface area contributed by atoms with Crippen LogP contribution >= 0.6 is 0 Å². The van der Waals surface area contributed by atoms with Crippen molar-refractivity contribution in [1.29, 1.82) is 0 Å². The third-order valence-corrected chi connectivity index (χ3v) is 7.92. The molecule has 43 heavy (non-hydrogen) atoms. The summed E-state index contributed by atoms with van der Waals surface area (Å²) in [6.07, 6.45) is 7.81. The van der Waals surface area contributed by atoms with Crippen LogP contribution in [0.25, 0.3) is 0 Å². The third-order valence-electron chi connectivity index (χ3n) is 7.92. The largest absolute Gasteiger partial charge is 0.490 e. The van der Waals surface area contributed by atoms with Crippen molar-refractivity contribution in [3.63, 3.8) is 0 Å². The van der Waals surface area contributed by atoms with Gasteiger partial charge in [-0.05, 0) is 98.6 Å². The van der Waals surface area contributed by atoms with E-state index in [0.29, 0.717) is 50.5 Å². The summed E-state index contributed by atoms with van der Waals surface area (Å²) in [5.74, 6) is -10.5. The number of hydrogen-bond acceptors (Lipinski definition) is 3. The van der Waals surface area contributed by atoms with Crippen LogP contribution in [-0.4, -0.2) is 12.6 Å². The maximum atomic E-state index is 15.2. The molecule has 1 fully saturated rings. The van der Waals surface area contributed by atoms with Crippen molar-refractivity contribution in [2.24, 2.45) is 0 Å². The summed E-state index contributed by atoms with van der Waals surface area (Å²) in [5.41, 5.74) is -0.139. The van der Waals surface area contributed by atoms with E-state index in [1.54, 1.807) is 12.1 Å². The van der Waals surface area contributed by atoms with Crippen LogP contribution in [0.1, 0.15) is 97.7 Å². The highest BCUT2D eigenvalue weighted by Crippen LogP contribution is 2.43. The van der Waals surface area contributed by atoms with Gasteiger partial charge in [0.05, 0.1) is 12.2 Å². The van der Waals surface area contributed by atoms with E-state index >= 15 is 8.78 Å². The lowest BCUT2D eigenvalue weighted by atomic mass is 9.75. The topological polar surface area (TPSA) is 35.5 Å². The summed E-state index contributed by atoms with van der Waals surface area (Å²) in [5, 5.41) is 0. The lowest BCUT2D eigenvalue weighted by Crippen LogP contribution is -2.17. The fraction of sp³-hybridized carbons (Fsp3) is 0.382. The number of aryl methyl sites for hydroxylation is 1. The molecule has 0 aromatic heterocycles. The molecule has 0 amide bonds. The Bertz CT molecular complexity index is 1480. The van der Waals surface area contributed by atoms with Gasteiger partial charge in [-0.3, -0.25) is 0 Å². The first-order chi connectivity index (χ1) is 20.7. The SMILES string of the molecule is CC=CCCc1ccc(C2CCC(c3ccc(C(=O)Oc4ccc(OCCCC)c(F)c4F)c(F)c3F)CC2)c(F)c1F. The second kappa shape index (κ2) is 14.6. The predicted octanol–water partition coefficient (Wildman–Crippen LogP) is 9.87. The predicted molar refractivity (Wildman–Crippen MR) is 152 cm³/mol. The average molecular weight is 605 g/mol. The second-order valence-corrected chi connectivity index (χ2v) is 10.7. The van der Waals surface area contributed by atoms with Crippen LogP contribution in [0.15, 0.2) is 48.6 Å². The molecule has 3 aromatic rings. The summed E-state index contributed by atoms with van der Waals surface area (Å²) in [4.78, 5) is 12.6. The molecular weight excluding hydrogens is 570 g/mol. The second-order valence-electron chi connectivity index (χ2n) is 10.7. The zero-order valence-electron chi connectivity index (χ0n) is 24.1. The van der Waals surface area contributed by atoms with Crippen LogP contribution in [-0.2, 0) is 6.42 Å². The van der Waals surface area contributed by atoms with Gasteiger partial charge in [-0.1, -0.05) is 43.7 Å². The Morgan fingerprint density at radius 3 is 1.98 bits per heavy atom. The number of benzene rings is 3. The first kappa shape index (κ1) is 32.2. The Labute approximate surface area is 247 Å². The molecule has 1 saturated carbocycles. The third kappa shape index (κ3) is 7.25. The van der Waals surface area contributed by atoms with Gasteiger partial charge >= 0.3 is 5.97 Å². The maximum Gasteiger partial charge on any atom is 0.346 e. The molecule has 1 aliphatic rings. The maximum absolute atomic E-state index is 15.2. The van der Waals surface area contributed by atoms with Crippen molar-refractivity contribution in [1.82, 2.24) is 0 Å². The first-order valence-electron chi connectivity index (χ1n) is 14.6. The zero-order valence-corrected chi connectivity index (χ0v) is 24.1. The van der Waals surface area contributed by atoms with Gasteiger partial charge in [0.2, 0.25) is 11.6 Å².